The standard InChI is InChI=1S/C51H50F2N6O5/c1-28(2)44(57-48(61)63-3)47(60)59-34-13-9-33(21-34)45(59)46-55-40-16-12-31(24-42(40)56-46)30-10-14-35-36-15-11-32(23-38(36)51(52,53)37(35)22-30)39-17-18-41(54-39)43-25-50(19-20-50)27-58(43)49(62)64-26-29-7-5-4-6-8-29/h4-8,10-12,14-18,22-24,28,33-34,43-45,54H,9,13,19-21,25-27H2,1-3H3,(H,55,56)(H,57,61)/t33-,34-,43+,44-,45+/m1/s1. The fourth-order valence-electron chi connectivity index (χ4n) is 11.1. The molecule has 4 heterocycles. The Balaban J connectivity index is 0.832. The van der Waals surface area contributed by atoms with Gasteiger partial charge in [-0.1, -0.05) is 74.5 Å². The predicted molar refractivity (Wildman–Crippen MR) is 237 cm³/mol. The van der Waals surface area contributed by atoms with Gasteiger partial charge in [0.05, 0.1) is 30.2 Å². The van der Waals surface area contributed by atoms with Gasteiger partial charge in [0, 0.05) is 35.1 Å². The van der Waals surface area contributed by atoms with Crippen molar-refractivity contribution in [3.8, 4) is 33.5 Å². The maximum atomic E-state index is 16.7. The van der Waals surface area contributed by atoms with Crippen molar-refractivity contribution in [2.45, 2.75) is 89.1 Å². The highest BCUT2D eigenvalue weighted by molar-refractivity contribution is 5.89. The van der Waals surface area contributed by atoms with Crippen LogP contribution in [0, 0.1) is 17.3 Å². The second kappa shape index (κ2) is 15.1. The van der Waals surface area contributed by atoms with Gasteiger partial charge >= 0.3 is 12.2 Å². The third kappa shape index (κ3) is 6.73. The average molecular weight is 865 g/mol. The Morgan fingerprint density at radius 3 is 2.33 bits per heavy atom. The van der Waals surface area contributed by atoms with Crippen LogP contribution in [0.25, 0.3) is 44.5 Å². The summed E-state index contributed by atoms with van der Waals surface area (Å²) in [6, 6.07) is 28.6. The quantitative estimate of drug-likeness (QED) is 0.133. The Labute approximate surface area is 369 Å². The van der Waals surface area contributed by atoms with E-state index in [1.54, 1.807) is 24.3 Å². The summed E-state index contributed by atoms with van der Waals surface area (Å²) in [6.45, 7) is 4.64. The molecule has 11 nitrogen and oxygen atoms in total. The number of aromatic amines is 2. The zero-order chi connectivity index (χ0) is 44.1. The van der Waals surface area contributed by atoms with E-state index in [9.17, 15) is 14.4 Å². The van der Waals surface area contributed by atoms with Crippen molar-refractivity contribution in [2.24, 2.45) is 17.3 Å². The number of imidazole rings is 1. The van der Waals surface area contributed by atoms with Crippen LogP contribution < -0.4 is 5.32 Å². The van der Waals surface area contributed by atoms with Gasteiger partial charge in [-0.05, 0) is 126 Å². The molecule has 2 aliphatic heterocycles. The van der Waals surface area contributed by atoms with Gasteiger partial charge in [0.2, 0.25) is 5.91 Å². The Bertz CT molecular complexity index is 2830. The SMILES string of the molecule is COC(=O)N[C@@H](C(=O)N1[C@@H]2CC[C@H](C2)[C@H]1c1nc2ccc(-c3ccc4c(c3)C(F)(F)c3cc(-c5ccc([C@@H]6CC7(CC7)CN6C(=O)OCc6ccccc6)[nH]5)ccc3-4)cc2[nH]1)C(C)C. The van der Waals surface area contributed by atoms with Crippen LogP contribution in [-0.4, -0.2) is 68.6 Å². The molecule has 2 bridgehead atoms. The van der Waals surface area contributed by atoms with Gasteiger partial charge in [0.25, 0.3) is 5.92 Å². The molecule has 64 heavy (non-hydrogen) atoms. The lowest BCUT2D eigenvalue weighted by molar-refractivity contribution is -0.139. The van der Waals surface area contributed by atoms with Crippen molar-refractivity contribution in [3.63, 3.8) is 0 Å². The van der Waals surface area contributed by atoms with E-state index in [2.05, 4.69) is 15.3 Å². The Morgan fingerprint density at radius 1 is 0.875 bits per heavy atom. The first-order valence-electron chi connectivity index (χ1n) is 22.4. The van der Waals surface area contributed by atoms with E-state index in [4.69, 9.17) is 14.5 Å². The summed E-state index contributed by atoms with van der Waals surface area (Å²) in [5.41, 5.74) is 7.05. The number of likely N-dealkylation sites (tertiary alicyclic amines) is 2. The van der Waals surface area contributed by atoms with E-state index >= 15 is 8.78 Å². The van der Waals surface area contributed by atoms with Crippen LogP contribution >= 0.6 is 0 Å². The molecule has 1 spiro atoms. The third-order valence-corrected chi connectivity index (χ3v) is 14.6. The van der Waals surface area contributed by atoms with Crippen LogP contribution in [0.1, 0.15) is 92.7 Å². The molecule has 5 aliphatic rings. The maximum absolute atomic E-state index is 16.7. The minimum atomic E-state index is -3.24. The molecule has 5 atom stereocenters. The largest absolute Gasteiger partial charge is 0.453 e. The molecule has 328 valence electrons. The van der Waals surface area contributed by atoms with Crippen LogP contribution in [0.2, 0.25) is 0 Å². The van der Waals surface area contributed by atoms with Gasteiger partial charge in [-0.3, -0.25) is 9.69 Å². The van der Waals surface area contributed by atoms with Crippen LogP contribution in [0.5, 0.6) is 0 Å². The molecular formula is C51H50F2N6O5. The summed E-state index contributed by atoms with van der Waals surface area (Å²) in [5, 5.41) is 2.74. The minimum Gasteiger partial charge on any atom is -0.453 e. The first-order chi connectivity index (χ1) is 30.9. The molecule has 4 fully saturated rings. The van der Waals surface area contributed by atoms with E-state index in [1.807, 2.05) is 96.4 Å². The number of ether oxygens (including phenoxy) is 2. The van der Waals surface area contributed by atoms with Gasteiger partial charge in [-0.2, -0.15) is 8.78 Å². The highest BCUT2D eigenvalue weighted by atomic mass is 19.3. The molecule has 2 saturated carbocycles. The van der Waals surface area contributed by atoms with Crippen molar-refractivity contribution < 1.29 is 32.6 Å². The molecule has 0 unspecified atom stereocenters. The molecule has 4 aromatic carbocycles. The van der Waals surface area contributed by atoms with E-state index < -0.39 is 18.1 Å². The average Bonchev–Trinajstić information content (AvgIpc) is 3.96. The van der Waals surface area contributed by atoms with Gasteiger partial charge in [0.15, 0.2) is 0 Å². The number of piperidine rings is 1. The number of hydrogen-bond donors (Lipinski definition) is 3. The number of carbonyl (C=O) groups excluding carboxylic acids is 3. The molecule has 2 saturated heterocycles. The molecule has 11 rings (SSSR count). The number of methoxy groups -OCH3 is 1. The van der Waals surface area contributed by atoms with Gasteiger partial charge in [-0.25, -0.2) is 14.6 Å². The smallest absolute Gasteiger partial charge is 0.410 e. The van der Waals surface area contributed by atoms with Crippen molar-refractivity contribution in [1.29, 1.82) is 0 Å². The topological polar surface area (TPSA) is 133 Å². The van der Waals surface area contributed by atoms with Crippen LogP contribution in [0.4, 0.5) is 18.4 Å². The number of aromatic nitrogens is 3. The van der Waals surface area contributed by atoms with E-state index in [-0.39, 0.29) is 65.1 Å². The number of amides is 3. The predicted octanol–water partition coefficient (Wildman–Crippen LogP) is 10.6. The van der Waals surface area contributed by atoms with Crippen LogP contribution in [-0.2, 0) is 26.8 Å². The summed E-state index contributed by atoms with van der Waals surface area (Å²) in [6.07, 6.45) is 4.73. The van der Waals surface area contributed by atoms with Gasteiger partial charge < -0.3 is 29.7 Å². The highest BCUT2D eigenvalue weighted by Crippen LogP contribution is 2.59. The minimum absolute atomic E-state index is 0.0441. The zero-order valence-corrected chi connectivity index (χ0v) is 36.0. The monoisotopic (exact) mass is 864 g/mol. The highest BCUT2D eigenvalue weighted by Gasteiger charge is 2.55. The van der Waals surface area contributed by atoms with Crippen molar-refractivity contribution >= 4 is 29.1 Å². The summed E-state index contributed by atoms with van der Waals surface area (Å²) < 4.78 is 43.9. The zero-order valence-electron chi connectivity index (χ0n) is 36.0. The molecule has 2 aromatic heterocycles. The fraction of sp³-hybridized carbons (Fsp3) is 0.373. The number of alkyl halides is 2. The number of fused-ring (bicyclic) bond motifs is 6. The lowest BCUT2D eigenvalue weighted by atomic mass is 9.95. The lowest BCUT2D eigenvalue weighted by Gasteiger charge is -2.37. The molecule has 3 amide bonds. The Morgan fingerprint density at radius 2 is 1.59 bits per heavy atom. The van der Waals surface area contributed by atoms with E-state index in [1.165, 1.54) is 7.11 Å². The van der Waals surface area contributed by atoms with E-state index in [0.29, 0.717) is 40.3 Å². The second-order valence-electron chi connectivity index (χ2n) is 18.9. The molecule has 3 aliphatic carbocycles. The number of alkyl carbamates (subject to hydrolysis) is 1. The number of H-pyrrole nitrogens is 2. The van der Waals surface area contributed by atoms with Crippen LogP contribution in [0.3, 0.4) is 0 Å². The number of benzene rings is 4. The number of rotatable bonds is 9. The number of halogens is 2. The molecule has 13 heteroatoms. The van der Waals surface area contributed by atoms with Crippen LogP contribution in [0.15, 0.2) is 97.1 Å². The first kappa shape index (κ1) is 40.3. The normalized spacial score (nSPS) is 22.5. The second-order valence-corrected chi connectivity index (χ2v) is 18.9. The van der Waals surface area contributed by atoms with Crippen molar-refractivity contribution in [2.75, 3.05) is 13.7 Å². The third-order valence-electron chi connectivity index (χ3n) is 14.6. The molecular weight excluding hydrogens is 815 g/mol. The fourth-order valence-corrected chi connectivity index (χ4v) is 11.1. The molecule has 6 aromatic rings. The van der Waals surface area contributed by atoms with Gasteiger partial charge in [0.1, 0.15) is 18.5 Å². The summed E-state index contributed by atoms with van der Waals surface area (Å²) in [5.74, 6) is -2.63. The molecule has 0 radical (unpaired) electrons. The molecule has 3 N–H and O–H groups in total. The van der Waals surface area contributed by atoms with Crippen molar-refractivity contribution in [3.05, 3.63) is 125 Å². The Kier molecular flexibility index (Phi) is 9.48. The summed E-state index contributed by atoms with van der Waals surface area (Å²) >= 11 is 0. The van der Waals surface area contributed by atoms with E-state index in [0.717, 1.165) is 66.4 Å². The van der Waals surface area contributed by atoms with Crippen molar-refractivity contribution in [1.82, 2.24) is 30.1 Å². The summed E-state index contributed by atoms with van der Waals surface area (Å²) in [4.78, 5) is 55.4. The lowest BCUT2D eigenvalue weighted by Crippen LogP contribution is -2.54. The first-order valence-corrected chi connectivity index (χ1v) is 22.4. The number of nitrogens with zero attached hydrogens (tertiary/aromatic N) is 3. The number of nitrogens with one attached hydrogen (secondary N) is 3. The number of carbonyl (C=O) groups is 3. The van der Waals surface area contributed by atoms with Gasteiger partial charge in [-0.15, -0.1) is 0 Å². The number of hydrogen-bond acceptors (Lipinski definition) is 6. The summed E-state index contributed by atoms with van der Waals surface area (Å²) in [7, 11) is 1.28. The Hall–Kier alpha value is -6.50. The maximum Gasteiger partial charge on any atom is 0.410 e.